The summed E-state index contributed by atoms with van der Waals surface area (Å²) in [6, 6.07) is 7.16. The van der Waals surface area contributed by atoms with Crippen molar-refractivity contribution in [2.24, 2.45) is 5.92 Å². The Kier molecular flexibility index (Phi) is 5.07. The number of aromatic nitrogens is 4. The van der Waals surface area contributed by atoms with Gasteiger partial charge >= 0.3 is 11.7 Å². The number of aliphatic carboxylic acids is 1. The zero-order valence-electron chi connectivity index (χ0n) is 15.0. The minimum Gasteiger partial charge on any atom is -0.478 e. The SMILES string of the molecule is CCC(C)Cn1c(-c2ccc(/C=C/C(=O)O)cc2)nc2c(=O)[nH]c(=O)[nH]c21. The number of nitrogens with one attached hydrogen (secondary N) is 2. The molecule has 0 fully saturated rings. The number of carboxylic acid groups (broad SMARTS) is 1. The Labute approximate surface area is 154 Å². The number of carbonyl (C=O) groups is 1. The van der Waals surface area contributed by atoms with Crippen LogP contribution in [0.4, 0.5) is 0 Å². The van der Waals surface area contributed by atoms with Crippen molar-refractivity contribution in [3.63, 3.8) is 0 Å². The van der Waals surface area contributed by atoms with E-state index < -0.39 is 17.2 Å². The van der Waals surface area contributed by atoms with E-state index in [1.165, 1.54) is 6.08 Å². The molecule has 3 rings (SSSR count). The van der Waals surface area contributed by atoms with Crippen molar-refractivity contribution in [3.05, 3.63) is 56.7 Å². The third-order valence-electron chi connectivity index (χ3n) is 4.42. The van der Waals surface area contributed by atoms with Crippen LogP contribution < -0.4 is 11.2 Å². The zero-order valence-corrected chi connectivity index (χ0v) is 15.0. The third kappa shape index (κ3) is 3.89. The van der Waals surface area contributed by atoms with Gasteiger partial charge < -0.3 is 9.67 Å². The second kappa shape index (κ2) is 7.45. The van der Waals surface area contributed by atoms with Crippen LogP contribution in [0.5, 0.6) is 0 Å². The van der Waals surface area contributed by atoms with Crippen molar-refractivity contribution in [2.75, 3.05) is 0 Å². The fraction of sp³-hybridized carbons (Fsp3) is 0.263. The van der Waals surface area contributed by atoms with E-state index in [9.17, 15) is 14.4 Å². The topological polar surface area (TPSA) is 121 Å². The molecule has 2 heterocycles. The van der Waals surface area contributed by atoms with Gasteiger partial charge in [-0.05, 0) is 17.6 Å². The predicted octanol–water partition coefficient (Wildman–Crippen LogP) is 2.22. The highest BCUT2D eigenvalue weighted by atomic mass is 16.4. The summed E-state index contributed by atoms with van der Waals surface area (Å²) in [5, 5.41) is 8.72. The number of nitrogens with zero attached hydrogens (tertiary/aromatic N) is 2. The molecule has 1 unspecified atom stereocenters. The first-order valence-electron chi connectivity index (χ1n) is 8.63. The molecular formula is C19H20N4O4. The number of fused-ring (bicyclic) bond motifs is 1. The largest absolute Gasteiger partial charge is 0.478 e. The Hall–Kier alpha value is -3.42. The van der Waals surface area contributed by atoms with Crippen LogP contribution in [0, 0.1) is 5.92 Å². The Morgan fingerprint density at radius 2 is 1.96 bits per heavy atom. The van der Waals surface area contributed by atoms with Gasteiger partial charge in [-0.25, -0.2) is 14.6 Å². The fourth-order valence-electron chi connectivity index (χ4n) is 2.79. The van der Waals surface area contributed by atoms with Crippen LogP contribution in [0.25, 0.3) is 28.6 Å². The standard InChI is InChI=1S/C19H20N4O4/c1-3-11(2)10-23-16(20-15-17(23)21-19(27)22-18(15)26)13-7-4-12(5-8-13)6-9-14(24)25/h4-9,11H,3,10H2,1-2H3,(H,24,25)(H2,21,22,26,27)/b9-6+. The van der Waals surface area contributed by atoms with Crippen LogP contribution in [0.15, 0.2) is 39.9 Å². The second-order valence-corrected chi connectivity index (χ2v) is 6.46. The van der Waals surface area contributed by atoms with E-state index in [1.807, 2.05) is 16.7 Å². The third-order valence-corrected chi connectivity index (χ3v) is 4.42. The Morgan fingerprint density at radius 1 is 1.26 bits per heavy atom. The molecule has 2 aromatic heterocycles. The Bertz CT molecular complexity index is 1120. The minimum absolute atomic E-state index is 0.183. The summed E-state index contributed by atoms with van der Waals surface area (Å²) < 4.78 is 1.85. The lowest BCUT2D eigenvalue weighted by Crippen LogP contribution is -2.23. The Balaban J connectivity index is 2.14. The molecule has 1 atom stereocenters. The van der Waals surface area contributed by atoms with Crippen molar-refractivity contribution >= 4 is 23.2 Å². The number of rotatable bonds is 6. The molecule has 3 aromatic rings. The van der Waals surface area contributed by atoms with Gasteiger partial charge in [-0.1, -0.05) is 44.5 Å². The number of hydrogen-bond donors (Lipinski definition) is 3. The summed E-state index contributed by atoms with van der Waals surface area (Å²) in [5.74, 6) is -0.120. The molecule has 8 nitrogen and oxygen atoms in total. The first kappa shape index (κ1) is 18.4. The summed E-state index contributed by atoms with van der Waals surface area (Å²) in [4.78, 5) is 43.8. The van der Waals surface area contributed by atoms with Crippen molar-refractivity contribution in [1.29, 1.82) is 0 Å². The van der Waals surface area contributed by atoms with Gasteiger partial charge in [-0.15, -0.1) is 0 Å². The molecule has 0 spiro atoms. The van der Waals surface area contributed by atoms with E-state index in [1.54, 1.807) is 12.1 Å². The van der Waals surface area contributed by atoms with Gasteiger partial charge in [0.15, 0.2) is 5.52 Å². The lowest BCUT2D eigenvalue weighted by molar-refractivity contribution is -0.131. The quantitative estimate of drug-likeness (QED) is 0.576. The second-order valence-electron chi connectivity index (χ2n) is 6.46. The van der Waals surface area contributed by atoms with Crippen LogP contribution in [0.2, 0.25) is 0 Å². The number of carboxylic acids is 1. The van der Waals surface area contributed by atoms with E-state index in [-0.39, 0.29) is 5.52 Å². The van der Waals surface area contributed by atoms with E-state index >= 15 is 0 Å². The van der Waals surface area contributed by atoms with Crippen molar-refractivity contribution < 1.29 is 9.90 Å². The molecule has 0 aliphatic heterocycles. The smallest absolute Gasteiger partial charge is 0.328 e. The molecule has 0 saturated carbocycles. The normalized spacial score (nSPS) is 12.7. The number of H-pyrrole nitrogens is 2. The number of aromatic amines is 2. The summed E-state index contributed by atoms with van der Waals surface area (Å²) in [6.07, 6.45) is 3.50. The van der Waals surface area contributed by atoms with Gasteiger partial charge in [-0.2, -0.15) is 0 Å². The van der Waals surface area contributed by atoms with Gasteiger partial charge in [0.2, 0.25) is 0 Å². The minimum atomic E-state index is -1.02. The van der Waals surface area contributed by atoms with E-state index in [0.717, 1.165) is 23.6 Å². The summed E-state index contributed by atoms with van der Waals surface area (Å²) in [6.45, 7) is 4.76. The highest BCUT2D eigenvalue weighted by molar-refractivity contribution is 5.85. The molecule has 140 valence electrons. The molecule has 0 bridgehead atoms. The Morgan fingerprint density at radius 3 is 2.59 bits per heavy atom. The maximum Gasteiger partial charge on any atom is 0.328 e. The van der Waals surface area contributed by atoms with Crippen LogP contribution >= 0.6 is 0 Å². The van der Waals surface area contributed by atoms with Crippen LogP contribution in [-0.2, 0) is 11.3 Å². The van der Waals surface area contributed by atoms with Gasteiger partial charge in [0.1, 0.15) is 11.5 Å². The summed E-state index contributed by atoms with van der Waals surface area (Å²) >= 11 is 0. The highest BCUT2D eigenvalue weighted by Gasteiger charge is 2.17. The van der Waals surface area contributed by atoms with Gasteiger partial charge in [0, 0.05) is 18.2 Å². The van der Waals surface area contributed by atoms with E-state index in [4.69, 9.17) is 5.11 Å². The lowest BCUT2D eigenvalue weighted by atomic mass is 10.1. The van der Waals surface area contributed by atoms with E-state index in [2.05, 4.69) is 28.8 Å². The van der Waals surface area contributed by atoms with Gasteiger partial charge in [0.25, 0.3) is 5.56 Å². The highest BCUT2D eigenvalue weighted by Crippen LogP contribution is 2.24. The molecule has 0 radical (unpaired) electrons. The molecule has 0 aliphatic rings. The molecule has 0 saturated heterocycles. The van der Waals surface area contributed by atoms with Crippen LogP contribution in [-0.4, -0.2) is 30.6 Å². The fourth-order valence-corrected chi connectivity index (χ4v) is 2.79. The monoisotopic (exact) mass is 368 g/mol. The lowest BCUT2D eigenvalue weighted by Gasteiger charge is -2.13. The maximum atomic E-state index is 12.1. The number of imidazole rings is 1. The predicted molar refractivity (Wildman–Crippen MR) is 103 cm³/mol. The van der Waals surface area contributed by atoms with Crippen molar-refractivity contribution in [3.8, 4) is 11.4 Å². The molecule has 27 heavy (non-hydrogen) atoms. The van der Waals surface area contributed by atoms with Crippen LogP contribution in [0.3, 0.4) is 0 Å². The molecule has 0 amide bonds. The zero-order chi connectivity index (χ0) is 19.6. The van der Waals surface area contributed by atoms with Crippen molar-refractivity contribution in [2.45, 2.75) is 26.8 Å². The first-order chi connectivity index (χ1) is 12.9. The average molecular weight is 368 g/mol. The number of benzene rings is 1. The van der Waals surface area contributed by atoms with Gasteiger partial charge in [0.05, 0.1) is 0 Å². The molecule has 3 N–H and O–H groups in total. The average Bonchev–Trinajstić information content (AvgIpc) is 2.99. The van der Waals surface area contributed by atoms with Crippen molar-refractivity contribution in [1.82, 2.24) is 19.5 Å². The molecular weight excluding hydrogens is 348 g/mol. The number of hydrogen-bond acceptors (Lipinski definition) is 4. The van der Waals surface area contributed by atoms with Gasteiger partial charge in [-0.3, -0.25) is 14.8 Å². The maximum absolute atomic E-state index is 12.1. The van der Waals surface area contributed by atoms with Crippen LogP contribution in [0.1, 0.15) is 25.8 Å². The summed E-state index contributed by atoms with van der Waals surface area (Å²) in [7, 11) is 0. The summed E-state index contributed by atoms with van der Waals surface area (Å²) in [5.41, 5.74) is 0.980. The molecule has 8 heteroatoms. The van der Waals surface area contributed by atoms with E-state index in [0.29, 0.717) is 23.9 Å². The first-order valence-corrected chi connectivity index (χ1v) is 8.63. The molecule has 1 aromatic carbocycles. The molecule has 0 aliphatic carbocycles.